The van der Waals surface area contributed by atoms with Crippen molar-refractivity contribution in [2.75, 3.05) is 13.2 Å². The Bertz CT molecular complexity index is 133. The van der Waals surface area contributed by atoms with E-state index in [1.807, 2.05) is 0 Å². The van der Waals surface area contributed by atoms with Crippen LogP contribution in [-0.4, -0.2) is 18.1 Å². The Morgan fingerprint density at radius 2 is 1.25 bits per heavy atom. The van der Waals surface area contributed by atoms with Crippen molar-refractivity contribution in [1.29, 1.82) is 0 Å². The van der Waals surface area contributed by atoms with Crippen LogP contribution in [0.25, 0.3) is 0 Å². The standard InChI is InChI=1S/C12H27O3P/c1-3-5-7-8-9-10-12-15-16(13)14-11-6-4-2/h13H,3-12H2,1-2H3. The summed E-state index contributed by atoms with van der Waals surface area (Å²) in [7, 11) is -1.62. The van der Waals surface area contributed by atoms with E-state index >= 15 is 0 Å². The van der Waals surface area contributed by atoms with Crippen LogP contribution in [0.4, 0.5) is 0 Å². The Hall–Kier alpha value is 0.310. The molecule has 98 valence electrons. The Kier molecular flexibility index (Phi) is 13.6. The van der Waals surface area contributed by atoms with Gasteiger partial charge in [0.15, 0.2) is 0 Å². The molecule has 0 aliphatic heterocycles. The van der Waals surface area contributed by atoms with Gasteiger partial charge in [-0.2, -0.15) is 0 Å². The second-order valence-corrected chi connectivity index (χ2v) is 5.02. The molecule has 0 heterocycles. The molecule has 1 atom stereocenters. The molecule has 0 aromatic carbocycles. The minimum atomic E-state index is -1.62. The summed E-state index contributed by atoms with van der Waals surface area (Å²) in [5, 5.41) is 0. The van der Waals surface area contributed by atoms with Crippen molar-refractivity contribution in [1.82, 2.24) is 0 Å². The van der Waals surface area contributed by atoms with Crippen LogP contribution >= 0.6 is 8.60 Å². The van der Waals surface area contributed by atoms with E-state index < -0.39 is 8.60 Å². The Labute approximate surface area is 102 Å². The lowest BCUT2D eigenvalue weighted by atomic mass is 10.1. The first-order valence-corrected chi connectivity index (χ1v) is 7.69. The van der Waals surface area contributed by atoms with Crippen LogP contribution in [0.1, 0.15) is 65.2 Å². The monoisotopic (exact) mass is 250 g/mol. The summed E-state index contributed by atoms with van der Waals surface area (Å²) in [6.45, 7) is 5.55. The maximum absolute atomic E-state index is 9.34. The maximum atomic E-state index is 9.34. The first kappa shape index (κ1) is 16.3. The van der Waals surface area contributed by atoms with Crippen LogP contribution in [0.5, 0.6) is 0 Å². The smallest absolute Gasteiger partial charge is 0.328 e. The Morgan fingerprint density at radius 1 is 0.750 bits per heavy atom. The van der Waals surface area contributed by atoms with Gasteiger partial charge in [-0.25, -0.2) is 0 Å². The molecule has 16 heavy (non-hydrogen) atoms. The summed E-state index contributed by atoms with van der Waals surface area (Å²) >= 11 is 0. The molecule has 0 aliphatic rings. The zero-order valence-corrected chi connectivity index (χ0v) is 11.7. The molecule has 0 bridgehead atoms. The van der Waals surface area contributed by atoms with Crippen molar-refractivity contribution >= 4 is 8.60 Å². The maximum Gasteiger partial charge on any atom is 0.329 e. The summed E-state index contributed by atoms with van der Waals surface area (Å²) in [6.07, 6.45) is 9.49. The Morgan fingerprint density at radius 3 is 1.88 bits per heavy atom. The van der Waals surface area contributed by atoms with Gasteiger partial charge in [0.1, 0.15) is 0 Å². The minimum Gasteiger partial charge on any atom is -0.328 e. The topological polar surface area (TPSA) is 38.7 Å². The van der Waals surface area contributed by atoms with Gasteiger partial charge in [0.05, 0.1) is 13.2 Å². The van der Waals surface area contributed by atoms with E-state index in [0.29, 0.717) is 13.2 Å². The summed E-state index contributed by atoms with van der Waals surface area (Å²) in [5.74, 6) is 0. The highest BCUT2D eigenvalue weighted by atomic mass is 31.2. The van der Waals surface area contributed by atoms with E-state index in [4.69, 9.17) is 9.05 Å². The van der Waals surface area contributed by atoms with Crippen molar-refractivity contribution in [2.45, 2.75) is 65.2 Å². The Balaban J connectivity index is 3.06. The summed E-state index contributed by atoms with van der Waals surface area (Å²) in [6, 6.07) is 0. The third-order valence-electron chi connectivity index (χ3n) is 2.40. The predicted octanol–water partition coefficient (Wildman–Crippen LogP) is 4.40. The van der Waals surface area contributed by atoms with Gasteiger partial charge < -0.3 is 13.9 Å². The number of hydrogen-bond acceptors (Lipinski definition) is 3. The van der Waals surface area contributed by atoms with E-state index in [9.17, 15) is 4.89 Å². The number of hydrogen-bond donors (Lipinski definition) is 1. The van der Waals surface area contributed by atoms with Crippen LogP contribution < -0.4 is 0 Å². The molecule has 0 fully saturated rings. The third-order valence-corrected chi connectivity index (χ3v) is 3.21. The fourth-order valence-electron chi connectivity index (χ4n) is 1.35. The lowest BCUT2D eigenvalue weighted by Gasteiger charge is -2.10. The highest BCUT2D eigenvalue weighted by Crippen LogP contribution is 2.33. The summed E-state index contributed by atoms with van der Waals surface area (Å²) < 4.78 is 10.3. The normalized spacial score (nSPS) is 12.9. The summed E-state index contributed by atoms with van der Waals surface area (Å²) in [4.78, 5) is 9.34. The third kappa shape index (κ3) is 12.4. The lowest BCUT2D eigenvalue weighted by Crippen LogP contribution is -1.94. The highest BCUT2D eigenvalue weighted by molar-refractivity contribution is 7.40. The van der Waals surface area contributed by atoms with Gasteiger partial charge in [0, 0.05) is 0 Å². The van der Waals surface area contributed by atoms with Crippen LogP contribution in [0.15, 0.2) is 0 Å². The second kappa shape index (κ2) is 13.4. The molecule has 3 nitrogen and oxygen atoms in total. The number of unbranched alkanes of at least 4 members (excludes halogenated alkanes) is 6. The van der Waals surface area contributed by atoms with Gasteiger partial charge in [-0.05, 0) is 12.8 Å². The highest BCUT2D eigenvalue weighted by Gasteiger charge is 2.04. The molecule has 0 aliphatic carbocycles. The SMILES string of the molecule is CCCCCCCCOP(O)OCCCC. The second-order valence-electron chi connectivity index (χ2n) is 4.03. The lowest BCUT2D eigenvalue weighted by molar-refractivity contribution is 0.195. The molecule has 0 saturated heterocycles. The fourth-order valence-corrected chi connectivity index (χ4v) is 1.99. The zero-order valence-electron chi connectivity index (χ0n) is 10.8. The van der Waals surface area contributed by atoms with Gasteiger partial charge in [0.25, 0.3) is 0 Å². The molecule has 0 spiro atoms. The van der Waals surface area contributed by atoms with Crippen LogP contribution in [0.2, 0.25) is 0 Å². The molecule has 1 unspecified atom stereocenters. The number of rotatable bonds is 12. The van der Waals surface area contributed by atoms with Crippen LogP contribution in [0, 0.1) is 0 Å². The molecule has 0 amide bonds. The van der Waals surface area contributed by atoms with E-state index in [0.717, 1.165) is 19.3 Å². The van der Waals surface area contributed by atoms with E-state index in [1.54, 1.807) is 0 Å². The quantitative estimate of drug-likeness (QED) is 0.412. The summed E-state index contributed by atoms with van der Waals surface area (Å²) in [5.41, 5.74) is 0. The molecule has 0 radical (unpaired) electrons. The molecular weight excluding hydrogens is 223 g/mol. The largest absolute Gasteiger partial charge is 0.329 e. The molecule has 0 aromatic rings. The van der Waals surface area contributed by atoms with Crippen LogP contribution in [0.3, 0.4) is 0 Å². The fraction of sp³-hybridized carbons (Fsp3) is 1.00. The van der Waals surface area contributed by atoms with E-state index in [2.05, 4.69) is 13.8 Å². The van der Waals surface area contributed by atoms with Crippen LogP contribution in [-0.2, 0) is 9.05 Å². The molecule has 0 saturated carbocycles. The van der Waals surface area contributed by atoms with Gasteiger partial charge >= 0.3 is 8.60 Å². The molecule has 0 rings (SSSR count). The first-order chi connectivity index (χ1) is 7.81. The minimum absolute atomic E-state index is 0.606. The average molecular weight is 250 g/mol. The van der Waals surface area contributed by atoms with Gasteiger partial charge in [-0.1, -0.05) is 52.4 Å². The average Bonchev–Trinajstić information content (AvgIpc) is 2.28. The van der Waals surface area contributed by atoms with Crippen molar-refractivity contribution < 1.29 is 13.9 Å². The van der Waals surface area contributed by atoms with Crippen molar-refractivity contribution in [3.05, 3.63) is 0 Å². The molecule has 1 N–H and O–H groups in total. The van der Waals surface area contributed by atoms with Crippen molar-refractivity contribution in [3.8, 4) is 0 Å². The van der Waals surface area contributed by atoms with Gasteiger partial charge in [-0.15, -0.1) is 0 Å². The predicted molar refractivity (Wildman–Crippen MR) is 69.3 cm³/mol. The van der Waals surface area contributed by atoms with E-state index in [1.165, 1.54) is 32.1 Å². The van der Waals surface area contributed by atoms with Gasteiger partial charge in [-0.3, -0.25) is 0 Å². The first-order valence-electron chi connectivity index (χ1n) is 6.56. The van der Waals surface area contributed by atoms with Crippen molar-refractivity contribution in [3.63, 3.8) is 0 Å². The van der Waals surface area contributed by atoms with Crippen molar-refractivity contribution in [2.24, 2.45) is 0 Å². The van der Waals surface area contributed by atoms with Gasteiger partial charge in [0.2, 0.25) is 0 Å². The molecule has 4 heteroatoms. The zero-order chi connectivity index (χ0) is 12.1. The van der Waals surface area contributed by atoms with E-state index in [-0.39, 0.29) is 0 Å². The molecular formula is C12H27O3P. The molecule has 0 aromatic heterocycles.